The van der Waals surface area contributed by atoms with Crippen LogP contribution in [0.25, 0.3) is 0 Å². The van der Waals surface area contributed by atoms with E-state index in [2.05, 4.69) is 25.6 Å². The Bertz CT molecular complexity index is 366. The van der Waals surface area contributed by atoms with Crippen LogP contribution < -0.4 is 0 Å². The molecule has 0 radical (unpaired) electrons. The molecule has 0 saturated carbocycles. The maximum absolute atomic E-state index is 11.5. The topological polar surface area (TPSA) is 17.1 Å². The monoisotopic (exact) mass is 230 g/mol. The zero-order valence-electron chi connectivity index (χ0n) is 10.9. The summed E-state index contributed by atoms with van der Waals surface area (Å²) < 4.78 is 0. The zero-order chi connectivity index (χ0) is 12.7. The summed E-state index contributed by atoms with van der Waals surface area (Å²) >= 11 is 0. The molecule has 0 heterocycles. The van der Waals surface area contributed by atoms with E-state index in [1.165, 1.54) is 5.56 Å². The van der Waals surface area contributed by atoms with Gasteiger partial charge in [0.2, 0.25) is 0 Å². The highest BCUT2D eigenvalue weighted by atomic mass is 16.1. The first kappa shape index (κ1) is 13.7. The van der Waals surface area contributed by atoms with Crippen molar-refractivity contribution in [2.45, 2.75) is 44.9 Å². The molecule has 0 saturated heterocycles. The lowest BCUT2D eigenvalue weighted by Gasteiger charge is -2.32. The van der Waals surface area contributed by atoms with Crippen LogP contribution in [0.3, 0.4) is 0 Å². The van der Waals surface area contributed by atoms with E-state index in [1.54, 1.807) is 6.92 Å². The molecule has 0 aliphatic rings. The molecule has 0 N–H and O–H groups in total. The highest BCUT2D eigenvalue weighted by Crippen LogP contribution is 2.37. The second kappa shape index (κ2) is 6.39. The molecule has 0 spiro atoms. The van der Waals surface area contributed by atoms with E-state index in [9.17, 15) is 4.79 Å². The third-order valence-electron chi connectivity index (χ3n) is 3.24. The van der Waals surface area contributed by atoms with Crippen molar-refractivity contribution in [3.8, 4) is 0 Å². The number of hydrogen-bond donors (Lipinski definition) is 0. The zero-order valence-corrected chi connectivity index (χ0v) is 10.9. The van der Waals surface area contributed by atoms with Crippen molar-refractivity contribution in [2.75, 3.05) is 0 Å². The van der Waals surface area contributed by atoms with Gasteiger partial charge in [-0.1, -0.05) is 49.8 Å². The predicted molar refractivity (Wildman–Crippen MR) is 73.1 cm³/mol. The van der Waals surface area contributed by atoms with Crippen LogP contribution in [-0.2, 0) is 10.2 Å². The summed E-state index contributed by atoms with van der Waals surface area (Å²) in [6.07, 6.45) is 5.52. The predicted octanol–water partition coefficient (Wildman–Crippen LogP) is 4.28. The van der Waals surface area contributed by atoms with Crippen LogP contribution in [0, 0.1) is 0 Å². The van der Waals surface area contributed by atoms with Crippen molar-refractivity contribution in [3.63, 3.8) is 0 Å². The van der Waals surface area contributed by atoms with Crippen molar-refractivity contribution in [1.29, 1.82) is 0 Å². The summed E-state index contributed by atoms with van der Waals surface area (Å²) in [5.74, 6) is 0.254. The van der Waals surface area contributed by atoms with Gasteiger partial charge in [0, 0.05) is 11.8 Å². The smallest absolute Gasteiger partial charge is 0.130 e. The molecular formula is C16H22O. The molecule has 1 atom stereocenters. The Morgan fingerprint density at radius 1 is 1.35 bits per heavy atom. The molecule has 0 bridgehead atoms. The van der Waals surface area contributed by atoms with E-state index < -0.39 is 0 Å². The van der Waals surface area contributed by atoms with Gasteiger partial charge in [-0.15, -0.1) is 6.58 Å². The molecule has 0 fully saturated rings. The van der Waals surface area contributed by atoms with Crippen molar-refractivity contribution in [3.05, 3.63) is 48.6 Å². The fourth-order valence-corrected chi connectivity index (χ4v) is 2.65. The fourth-order valence-electron chi connectivity index (χ4n) is 2.65. The Balaban J connectivity index is 3.13. The third-order valence-corrected chi connectivity index (χ3v) is 3.24. The van der Waals surface area contributed by atoms with Crippen LogP contribution >= 0.6 is 0 Å². The van der Waals surface area contributed by atoms with Gasteiger partial charge in [0.25, 0.3) is 0 Å². The van der Waals surface area contributed by atoms with Crippen LogP contribution in [0.1, 0.15) is 45.1 Å². The lowest BCUT2D eigenvalue weighted by atomic mass is 9.71. The van der Waals surface area contributed by atoms with Crippen molar-refractivity contribution < 1.29 is 4.79 Å². The van der Waals surface area contributed by atoms with E-state index in [0.717, 1.165) is 19.3 Å². The Labute approximate surface area is 105 Å². The third kappa shape index (κ3) is 3.55. The molecule has 1 unspecified atom stereocenters. The Morgan fingerprint density at radius 2 is 2.00 bits per heavy atom. The van der Waals surface area contributed by atoms with Crippen LogP contribution in [0.15, 0.2) is 43.0 Å². The van der Waals surface area contributed by atoms with Crippen LogP contribution in [0.2, 0.25) is 0 Å². The molecule has 0 aliphatic carbocycles. The summed E-state index contributed by atoms with van der Waals surface area (Å²) in [7, 11) is 0. The van der Waals surface area contributed by atoms with E-state index in [-0.39, 0.29) is 11.2 Å². The van der Waals surface area contributed by atoms with Gasteiger partial charge in [0.1, 0.15) is 5.78 Å². The van der Waals surface area contributed by atoms with Crippen LogP contribution in [0.4, 0.5) is 0 Å². The first-order chi connectivity index (χ1) is 8.14. The average molecular weight is 230 g/mol. The number of ketones is 1. The molecule has 0 aromatic heterocycles. The van der Waals surface area contributed by atoms with E-state index in [4.69, 9.17) is 0 Å². The molecule has 1 rings (SSSR count). The molecule has 1 heteroatoms. The normalized spacial score (nSPS) is 14.0. The molecular weight excluding hydrogens is 208 g/mol. The minimum atomic E-state index is -0.0520. The van der Waals surface area contributed by atoms with Gasteiger partial charge in [-0.25, -0.2) is 0 Å². The number of carbonyl (C=O) groups excluding carboxylic acids is 1. The lowest BCUT2D eigenvalue weighted by molar-refractivity contribution is -0.118. The van der Waals surface area contributed by atoms with Crippen molar-refractivity contribution >= 4 is 5.78 Å². The highest BCUT2D eigenvalue weighted by Gasteiger charge is 2.31. The van der Waals surface area contributed by atoms with Gasteiger partial charge in [-0.05, 0) is 25.3 Å². The number of hydrogen-bond acceptors (Lipinski definition) is 1. The van der Waals surface area contributed by atoms with E-state index >= 15 is 0 Å². The van der Waals surface area contributed by atoms with Gasteiger partial charge < -0.3 is 0 Å². The van der Waals surface area contributed by atoms with Gasteiger partial charge in [0.05, 0.1) is 0 Å². The van der Waals surface area contributed by atoms with Crippen LogP contribution in [-0.4, -0.2) is 5.78 Å². The summed E-state index contributed by atoms with van der Waals surface area (Å²) in [6.45, 7) is 7.69. The number of Topliss-reactive ketones (excluding diaryl/α,β-unsaturated/α-hetero) is 1. The summed E-state index contributed by atoms with van der Waals surface area (Å²) in [5, 5.41) is 0. The van der Waals surface area contributed by atoms with Gasteiger partial charge in [-0.3, -0.25) is 4.79 Å². The first-order valence-corrected chi connectivity index (χ1v) is 6.30. The number of carbonyl (C=O) groups is 1. The van der Waals surface area contributed by atoms with Crippen molar-refractivity contribution in [1.82, 2.24) is 0 Å². The maximum atomic E-state index is 11.5. The summed E-state index contributed by atoms with van der Waals surface area (Å²) in [4.78, 5) is 11.5. The summed E-state index contributed by atoms with van der Waals surface area (Å²) in [5.41, 5.74) is 1.21. The van der Waals surface area contributed by atoms with Crippen LogP contribution in [0.5, 0.6) is 0 Å². The molecule has 1 aromatic carbocycles. The molecule has 0 amide bonds. The second-order valence-corrected chi connectivity index (χ2v) is 4.77. The molecule has 92 valence electrons. The highest BCUT2D eigenvalue weighted by molar-refractivity contribution is 5.77. The second-order valence-electron chi connectivity index (χ2n) is 4.77. The van der Waals surface area contributed by atoms with Gasteiger partial charge in [0.15, 0.2) is 0 Å². The summed E-state index contributed by atoms with van der Waals surface area (Å²) in [6, 6.07) is 10.4. The molecule has 17 heavy (non-hydrogen) atoms. The molecule has 1 aromatic rings. The Hall–Kier alpha value is -1.37. The number of rotatable bonds is 7. The van der Waals surface area contributed by atoms with E-state index in [0.29, 0.717) is 6.42 Å². The molecule has 0 aliphatic heterocycles. The van der Waals surface area contributed by atoms with E-state index in [1.807, 2.05) is 24.3 Å². The van der Waals surface area contributed by atoms with Crippen molar-refractivity contribution in [2.24, 2.45) is 0 Å². The van der Waals surface area contributed by atoms with Gasteiger partial charge in [-0.2, -0.15) is 0 Å². The maximum Gasteiger partial charge on any atom is 0.130 e. The minimum Gasteiger partial charge on any atom is -0.300 e. The standard InChI is InChI=1S/C16H22O/c1-4-11-16(12-5-2,13-14(3)17)15-9-7-6-8-10-15/h4,6-10H,1,5,11-13H2,2-3H3. The Kier molecular flexibility index (Phi) is 5.14. The largest absolute Gasteiger partial charge is 0.300 e. The number of allylic oxidation sites excluding steroid dienone is 1. The molecule has 1 nitrogen and oxygen atoms in total. The van der Waals surface area contributed by atoms with Gasteiger partial charge >= 0.3 is 0 Å². The number of benzene rings is 1. The quantitative estimate of drug-likeness (QED) is 0.639. The minimum absolute atomic E-state index is 0.0520. The Morgan fingerprint density at radius 3 is 2.47 bits per heavy atom. The average Bonchev–Trinajstić information content (AvgIpc) is 2.30. The first-order valence-electron chi connectivity index (χ1n) is 6.30. The SMILES string of the molecule is C=CCC(CCC)(CC(C)=O)c1ccccc1. The fraction of sp³-hybridized carbons (Fsp3) is 0.438. The lowest BCUT2D eigenvalue weighted by Crippen LogP contribution is -2.28.